The number of carbonyl (C=O) groups is 2. The Balaban J connectivity index is 2.18. The molecule has 0 aliphatic carbocycles. The molecule has 0 spiro atoms. The number of rotatable bonds is 2. The highest BCUT2D eigenvalue weighted by molar-refractivity contribution is 9.10. The van der Waals surface area contributed by atoms with Crippen LogP contribution in [0.25, 0.3) is 0 Å². The van der Waals surface area contributed by atoms with E-state index in [-0.39, 0.29) is 17.3 Å². The minimum absolute atomic E-state index is 0.0662. The molecule has 0 radical (unpaired) electrons. The van der Waals surface area contributed by atoms with Crippen molar-refractivity contribution >= 4 is 33.6 Å². The third-order valence-electron chi connectivity index (χ3n) is 3.20. The number of carboxylic acids is 1. The van der Waals surface area contributed by atoms with Crippen molar-refractivity contribution in [3.63, 3.8) is 0 Å². The number of anilines is 1. The molecule has 2 N–H and O–H groups in total. The molecule has 1 aromatic rings. The van der Waals surface area contributed by atoms with E-state index in [0.29, 0.717) is 17.6 Å². The molecule has 0 bridgehead atoms. The van der Waals surface area contributed by atoms with Crippen LogP contribution in [0.15, 0.2) is 34.3 Å². The first-order valence-electron chi connectivity index (χ1n) is 6.22. The SMILES string of the molecule is CC1=CCN(C(=O)Nc2c(Br)cccc2C(=O)O)CC1. The Morgan fingerprint density at radius 1 is 1.40 bits per heavy atom. The lowest BCUT2D eigenvalue weighted by Crippen LogP contribution is -2.38. The van der Waals surface area contributed by atoms with Gasteiger partial charge in [-0.25, -0.2) is 9.59 Å². The number of amides is 2. The first-order chi connectivity index (χ1) is 9.49. The minimum atomic E-state index is -1.07. The maximum Gasteiger partial charge on any atom is 0.337 e. The summed E-state index contributed by atoms with van der Waals surface area (Å²) in [6.45, 7) is 3.22. The lowest BCUT2D eigenvalue weighted by Gasteiger charge is -2.26. The number of nitrogens with zero attached hydrogens (tertiary/aromatic N) is 1. The average molecular weight is 339 g/mol. The van der Waals surface area contributed by atoms with Crippen molar-refractivity contribution in [3.05, 3.63) is 39.9 Å². The summed E-state index contributed by atoms with van der Waals surface area (Å²) < 4.78 is 0.550. The van der Waals surface area contributed by atoms with E-state index in [2.05, 4.69) is 21.2 Å². The number of para-hydroxylation sites is 1. The van der Waals surface area contributed by atoms with Crippen molar-refractivity contribution in [2.75, 3.05) is 18.4 Å². The van der Waals surface area contributed by atoms with Crippen LogP contribution in [0.2, 0.25) is 0 Å². The summed E-state index contributed by atoms with van der Waals surface area (Å²) in [5.74, 6) is -1.07. The number of aromatic carboxylic acids is 1. The quantitative estimate of drug-likeness (QED) is 0.812. The lowest BCUT2D eigenvalue weighted by atomic mass is 10.1. The Bertz CT molecular complexity index is 584. The van der Waals surface area contributed by atoms with Gasteiger partial charge in [0.25, 0.3) is 0 Å². The first-order valence-corrected chi connectivity index (χ1v) is 7.01. The molecule has 2 rings (SSSR count). The molecule has 6 heteroatoms. The first kappa shape index (κ1) is 14.6. The van der Waals surface area contributed by atoms with Crippen LogP contribution in [0.3, 0.4) is 0 Å². The molecule has 106 valence electrons. The van der Waals surface area contributed by atoms with Crippen LogP contribution in [0, 0.1) is 0 Å². The predicted molar refractivity (Wildman–Crippen MR) is 80.1 cm³/mol. The Morgan fingerprint density at radius 3 is 2.75 bits per heavy atom. The van der Waals surface area contributed by atoms with E-state index < -0.39 is 5.97 Å². The molecule has 1 aliphatic rings. The van der Waals surface area contributed by atoms with Gasteiger partial charge >= 0.3 is 12.0 Å². The summed E-state index contributed by atoms with van der Waals surface area (Å²) in [5, 5.41) is 11.8. The van der Waals surface area contributed by atoms with E-state index in [1.54, 1.807) is 17.0 Å². The van der Waals surface area contributed by atoms with Crippen LogP contribution >= 0.6 is 15.9 Å². The van der Waals surface area contributed by atoms with Gasteiger partial charge in [-0.2, -0.15) is 0 Å². The van der Waals surface area contributed by atoms with Crippen molar-refractivity contribution in [2.45, 2.75) is 13.3 Å². The van der Waals surface area contributed by atoms with Crippen molar-refractivity contribution in [1.82, 2.24) is 4.90 Å². The van der Waals surface area contributed by atoms with E-state index in [0.717, 1.165) is 6.42 Å². The highest BCUT2D eigenvalue weighted by atomic mass is 79.9. The Morgan fingerprint density at radius 2 is 2.15 bits per heavy atom. The van der Waals surface area contributed by atoms with Crippen LogP contribution in [-0.4, -0.2) is 35.1 Å². The Labute approximate surface area is 125 Å². The van der Waals surface area contributed by atoms with Crippen LogP contribution in [0.5, 0.6) is 0 Å². The zero-order chi connectivity index (χ0) is 14.7. The molecule has 5 nitrogen and oxygen atoms in total. The number of nitrogens with one attached hydrogen (secondary N) is 1. The number of benzene rings is 1. The lowest BCUT2D eigenvalue weighted by molar-refractivity contribution is 0.0698. The van der Waals surface area contributed by atoms with E-state index in [4.69, 9.17) is 5.11 Å². The molecule has 2 amide bonds. The van der Waals surface area contributed by atoms with Gasteiger partial charge in [-0.05, 0) is 41.4 Å². The molecular formula is C14H15BrN2O3. The maximum atomic E-state index is 12.2. The summed E-state index contributed by atoms with van der Waals surface area (Å²) in [6.07, 6.45) is 2.84. The van der Waals surface area contributed by atoms with Gasteiger partial charge in [-0.1, -0.05) is 17.7 Å². The molecule has 0 saturated carbocycles. The normalized spacial score (nSPS) is 14.7. The Kier molecular flexibility index (Phi) is 4.44. The van der Waals surface area contributed by atoms with Crippen LogP contribution < -0.4 is 5.32 Å². The van der Waals surface area contributed by atoms with Gasteiger partial charge in [0, 0.05) is 17.6 Å². The highest BCUT2D eigenvalue weighted by Crippen LogP contribution is 2.27. The fourth-order valence-electron chi connectivity index (χ4n) is 1.97. The van der Waals surface area contributed by atoms with Crippen molar-refractivity contribution < 1.29 is 14.7 Å². The van der Waals surface area contributed by atoms with E-state index >= 15 is 0 Å². The molecule has 0 saturated heterocycles. The van der Waals surface area contributed by atoms with Gasteiger partial charge in [-0.3, -0.25) is 0 Å². The molecule has 0 fully saturated rings. The van der Waals surface area contributed by atoms with Gasteiger partial charge in [0.15, 0.2) is 0 Å². The number of halogens is 1. The predicted octanol–water partition coefficient (Wildman–Crippen LogP) is 3.33. The average Bonchev–Trinajstić information content (AvgIpc) is 2.41. The number of urea groups is 1. The van der Waals surface area contributed by atoms with Gasteiger partial charge in [0.1, 0.15) is 0 Å². The summed E-state index contributed by atoms with van der Waals surface area (Å²) in [5.41, 5.74) is 1.62. The van der Waals surface area contributed by atoms with Crippen molar-refractivity contribution in [1.29, 1.82) is 0 Å². The topological polar surface area (TPSA) is 69.6 Å². The van der Waals surface area contributed by atoms with Gasteiger partial charge in [0.2, 0.25) is 0 Å². The van der Waals surface area contributed by atoms with E-state index in [1.165, 1.54) is 11.6 Å². The van der Waals surface area contributed by atoms with Gasteiger partial charge < -0.3 is 15.3 Å². The summed E-state index contributed by atoms with van der Waals surface area (Å²) in [7, 11) is 0. The zero-order valence-corrected chi connectivity index (χ0v) is 12.6. The number of hydrogen-bond donors (Lipinski definition) is 2. The molecular weight excluding hydrogens is 324 g/mol. The standard InChI is InChI=1S/C14H15BrN2O3/c1-9-5-7-17(8-6-9)14(20)16-12-10(13(18)19)3-2-4-11(12)15/h2-5H,6-8H2,1H3,(H,16,20)(H,18,19). The molecule has 1 heterocycles. The molecule has 0 aromatic heterocycles. The number of carboxylic acid groups (broad SMARTS) is 1. The second-order valence-electron chi connectivity index (χ2n) is 4.64. The number of hydrogen-bond acceptors (Lipinski definition) is 2. The second-order valence-corrected chi connectivity index (χ2v) is 5.50. The monoisotopic (exact) mass is 338 g/mol. The van der Waals surface area contributed by atoms with Crippen LogP contribution in [0.4, 0.5) is 10.5 Å². The van der Waals surface area contributed by atoms with Crippen molar-refractivity contribution in [2.24, 2.45) is 0 Å². The molecule has 1 aromatic carbocycles. The highest BCUT2D eigenvalue weighted by Gasteiger charge is 2.20. The smallest absolute Gasteiger partial charge is 0.337 e. The molecule has 0 unspecified atom stereocenters. The third-order valence-corrected chi connectivity index (χ3v) is 3.86. The molecule has 1 aliphatic heterocycles. The van der Waals surface area contributed by atoms with Gasteiger partial charge in [-0.15, -0.1) is 0 Å². The van der Waals surface area contributed by atoms with Crippen LogP contribution in [-0.2, 0) is 0 Å². The third kappa shape index (κ3) is 3.19. The fraction of sp³-hybridized carbons (Fsp3) is 0.286. The Hall–Kier alpha value is -1.82. The summed E-state index contributed by atoms with van der Waals surface area (Å²) >= 11 is 3.27. The number of carbonyl (C=O) groups excluding carboxylic acids is 1. The largest absolute Gasteiger partial charge is 0.478 e. The van der Waals surface area contributed by atoms with Crippen molar-refractivity contribution in [3.8, 4) is 0 Å². The fourth-order valence-corrected chi connectivity index (χ4v) is 2.44. The maximum absolute atomic E-state index is 12.2. The van der Waals surface area contributed by atoms with E-state index in [1.807, 2.05) is 13.0 Å². The minimum Gasteiger partial charge on any atom is -0.478 e. The van der Waals surface area contributed by atoms with E-state index in [9.17, 15) is 9.59 Å². The summed E-state index contributed by atoms with van der Waals surface area (Å²) in [4.78, 5) is 25.0. The summed E-state index contributed by atoms with van der Waals surface area (Å²) in [6, 6.07) is 4.49. The zero-order valence-electron chi connectivity index (χ0n) is 11.0. The molecule has 20 heavy (non-hydrogen) atoms. The molecule has 0 atom stereocenters. The van der Waals surface area contributed by atoms with Gasteiger partial charge in [0.05, 0.1) is 11.3 Å². The van der Waals surface area contributed by atoms with Crippen LogP contribution in [0.1, 0.15) is 23.7 Å². The second kappa shape index (κ2) is 6.09.